The predicted octanol–water partition coefficient (Wildman–Crippen LogP) is 1.77. The summed E-state index contributed by atoms with van der Waals surface area (Å²) in [5, 5.41) is 5.90. The molecule has 1 amide bonds. The van der Waals surface area contributed by atoms with Crippen LogP contribution in [0.25, 0.3) is 0 Å². The third-order valence-corrected chi connectivity index (χ3v) is 2.74. The van der Waals surface area contributed by atoms with Gasteiger partial charge in [-0.05, 0) is 20.3 Å². The highest BCUT2D eigenvalue weighted by Gasteiger charge is 2.07. The summed E-state index contributed by atoms with van der Waals surface area (Å²) in [7, 11) is 0. The number of amides is 1. The summed E-state index contributed by atoms with van der Waals surface area (Å²) in [4.78, 5) is 15.7. The fourth-order valence-corrected chi connectivity index (χ4v) is 1.87. The second-order valence-electron chi connectivity index (χ2n) is 3.49. The third kappa shape index (κ3) is 3.46. The Labute approximate surface area is 88.6 Å². The van der Waals surface area contributed by atoms with E-state index in [2.05, 4.69) is 17.2 Å². The normalized spacial score (nSPS) is 10.6. The first-order valence-corrected chi connectivity index (χ1v) is 5.72. The van der Waals surface area contributed by atoms with Crippen molar-refractivity contribution in [2.45, 2.75) is 39.7 Å². The fraction of sp³-hybridized carbons (Fsp3) is 0.600. The maximum Gasteiger partial charge on any atom is 0.226 e. The van der Waals surface area contributed by atoms with Gasteiger partial charge in [0.15, 0.2) is 0 Å². The molecule has 4 heteroatoms. The number of carbonyl (C=O) groups excluding carboxylic acids is 1. The molecule has 1 rings (SSSR count). The van der Waals surface area contributed by atoms with E-state index in [4.69, 9.17) is 0 Å². The average molecular weight is 212 g/mol. The van der Waals surface area contributed by atoms with E-state index < -0.39 is 0 Å². The molecular weight excluding hydrogens is 196 g/mol. The van der Waals surface area contributed by atoms with Gasteiger partial charge >= 0.3 is 0 Å². The Morgan fingerprint density at radius 1 is 1.64 bits per heavy atom. The SMILES string of the molecule is CCc1nc(CC(=O)NC(C)C)cs1. The van der Waals surface area contributed by atoms with Crippen molar-refractivity contribution in [2.24, 2.45) is 0 Å². The van der Waals surface area contributed by atoms with Crippen LogP contribution in [0.5, 0.6) is 0 Å². The molecule has 1 N–H and O–H groups in total. The second kappa shape index (κ2) is 5.10. The second-order valence-corrected chi connectivity index (χ2v) is 4.43. The summed E-state index contributed by atoms with van der Waals surface area (Å²) in [6.45, 7) is 5.98. The molecule has 0 bridgehead atoms. The van der Waals surface area contributed by atoms with E-state index in [1.165, 1.54) is 0 Å². The highest BCUT2D eigenvalue weighted by molar-refractivity contribution is 7.09. The fourth-order valence-electron chi connectivity index (χ4n) is 1.13. The lowest BCUT2D eigenvalue weighted by atomic mass is 10.3. The van der Waals surface area contributed by atoms with Gasteiger partial charge in [0.2, 0.25) is 5.91 Å². The molecule has 0 spiro atoms. The van der Waals surface area contributed by atoms with Crippen molar-refractivity contribution < 1.29 is 4.79 Å². The number of hydrogen-bond acceptors (Lipinski definition) is 3. The third-order valence-electron chi connectivity index (χ3n) is 1.69. The average Bonchev–Trinajstić information content (AvgIpc) is 2.50. The quantitative estimate of drug-likeness (QED) is 0.826. The molecule has 0 fully saturated rings. The molecule has 0 aliphatic rings. The van der Waals surface area contributed by atoms with E-state index in [1.807, 2.05) is 19.2 Å². The first-order valence-electron chi connectivity index (χ1n) is 4.84. The maximum atomic E-state index is 11.4. The number of hydrogen-bond donors (Lipinski definition) is 1. The van der Waals surface area contributed by atoms with Gasteiger partial charge in [-0.25, -0.2) is 4.98 Å². The van der Waals surface area contributed by atoms with Crippen LogP contribution in [-0.2, 0) is 17.6 Å². The van der Waals surface area contributed by atoms with Gasteiger partial charge in [0.25, 0.3) is 0 Å². The van der Waals surface area contributed by atoms with Crippen molar-refractivity contribution in [2.75, 3.05) is 0 Å². The van der Waals surface area contributed by atoms with Crippen LogP contribution in [0.15, 0.2) is 5.38 Å². The molecule has 0 aliphatic heterocycles. The topological polar surface area (TPSA) is 42.0 Å². The highest BCUT2D eigenvalue weighted by Crippen LogP contribution is 2.10. The van der Waals surface area contributed by atoms with Crippen LogP contribution in [0.1, 0.15) is 31.5 Å². The zero-order valence-electron chi connectivity index (χ0n) is 8.83. The monoisotopic (exact) mass is 212 g/mol. The van der Waals surface area contributed by atoms with Crippen LogP contribution in [0.4, 0.5) is 0 Å². The van der Waals surface area contributed by atoms with Gasteiger partial charge in [-0.1, -0.05) is 6.92 Å². The molecular formula is C10H16N2OS. The summed E-state index contributed by atoms with van der Waals surface area (Å²) >= 11 is 1.62. The standard InChI is InChI=1S/C10H16N2OS/c1-4-10-12-8(6-14-10)5-9(13)11-7(2)3/h6-7H,4-5H2,1-3H3,(H,11,13). The number of carbonyl (C=O) groups is 1. The van der Waals surface area contributed by atoms with Gasteiger partial charge in [-0.3, -0.25) is 4.79 Å². The van der Waals surface area contributed by atoms with Crippen LogP contribution < -0.4 is 5.32 Å². The Bertz CT molecular complexity index is 307. The smallest absolute Gasteiger partial charge is 0.226 e. The number of rotatable bonds is 4. The summed E-state index contributed by atoms with van der Waals surface area (Å²) in [5.41, 5.74) is 0.880. The first-order chi connectivity index (χ1) is 6.61. The minimum Gasteiger partial charge on any atom is -0.354 e. The molecule has 0 aromatic carbocycles. The van der Waals surface area contributed by atoms with Gasteiger partial charge < -0.3 is 5.32 Å². The van der Waals surface area contributed by atoms with E-state index >= 15 is 0 Å². The van der Waals surface area contributed by atoms with E-state index in [9.17, 15) is 4.79 Å². The number of aryl methyl sites for hydroxylation is 1. The summed E-state index contributed by atoms with van der Waals surface area (Å²) < 4.78 is 0. The van der Waals surface area contributed by atoms with Gasteiger partial charge in [-0.15, -0.1) is 11.3 Å². The van der Waals surface area contributed by atoms with Crippen molar-refractivity contribution in [3.8, 4) is 0 Å². The van der Waals surface area contributed by atoms with Gasteiger partial charge in [0, 0.05) is 11.4 Å². The van der Waals surface area contributed by atoms with Gasteiger partial charge in [-0.2, -0.15) is 0 Å². The zero-order valence-corrected chi connectivity index (χ0v) is 9.65. The zero-order chi connectivity index (χ0) is 10.6. The molecule has 1 aromatic rings. The van der Waals surface area contributed by atoms with E-state index in [0.29, 0.717) is 6.42 Å². The maximum absolute atomic E-state index is 11.4. The van der Waals surface area contributed by atoms with Crippen molar-refractivity contribution in [1.29, 1.82) is 0 Å². The lowest BCUT2D eigenvalue weighted by Crippen LogP contribution is -2.31. The Morgan fingerprint density at radius 2 is 2.36 bits per heavy atom. The van der Waals surface area contributed by atoms with Crippen LogP contribution in [0, 0.1) is 0 Å². The highest BCUT2D eigenvalue weighted by atomic mass is 32.1. The Kier molecular flexibility index (Phi) is 4.07. The lowest BCUT2D eigenvalue weighted by Gasteiger charge is -2.06. The molecule has 0 unspecified atom stereocenters. The molecule has 0 radical (unpaired) electrons. The van der Waals surface area contributed by atoms with Gasteiger partial charge in [0.1, 0.15) is 0 Å². The molecule has 3 nitrogen and oxygen atoms in total. The molecule has 0 atom stereocenters. The predicted molar refractivity (Wildman–Crippen MR) is 58.5 cm³/mol. The van der Waals surface area contributed by atoms with Crippen LogP contribution in [0.3, 0.4) is 0 Å². The van der Waals surface area contributed by atoms with Crippen molar-refractivity contribution in [3.63, 3.8) is 0 Å². The largest absolute Gasteiger partial charge is 0.354 e. The van der Waals surface area contributed by atoms with Crippen LogP contribution >= 0.6 is 11.3 Å². The van der Waals surface area contributed by atoms with Crippen molar-refractivity contribution >= 4 is 17.2 Å². The molecule has 1 aromatic heterocycles. The molecule has 78 valence electrons. The number of aromatic nitrogens is 1. The summed E-state index contributed by atoms with van der Waals surface area (Å²) in [6, 6.07) is 0.201. The van der Waals surface area contributed by atoms with E-state index in [1.54, 1.807) is 11.3 Å². The molecule has 1 heterocycles. The van der Waals surface area contributed by atoms with Crippen molar-refractivity contribution in [1.82, 2.24) is 10.3 Å². The number of nitrogens with one attached hydrogen (secondary N) is 1. The Morgan fingerprint density at radius 3 is 2.86 bits per heavy atom. The molecule has 0 aliphatic carbocycles. The van der Waals surface area contributed by atoms with E-state index in [-0.39, 0.29) is 11.9 Å². The number of thiazole rings is 1. The van der Waals surface area contributed by atoms with Crippen LogP contribution in [0.2, 0.25) is 0 Å². The molecule has 14 heavy (non-hydrogen) atoms. The Hall–Kier alpha value is -0.900. The lowest BCUT2D eigenvalue weighted by molar-refractivity contribution is -0.120. The Balaban J connectivity index is 2.47. The molecule has 0 saturated heterocycles. The van der Waals surface area contributed by atoms with E-state index in [0.717, 1.165) is 17.1 Å². The van der Waals surface area contributed by atoms with Gasteiger partial charge in [0.05, 0.1) is 17.1 Å². The minimum absolute atomic E-state index is 0.0490. The minimum atomic E-state index is 0.0490. The first kappa shape index (κ1) is 11.2. The molecule has 0 saturated carbocycles. The summed E-state index contributed by atoms with van der Waals surface area (Å²) in [5.74, 6) is 0.0490. The van der Waals surface area contributed by atoms with Crippen molar-refractivity contribution in [3.05, 3.63) is 16.1 Å². The van der Waals surface area contributed by atoms with Crippen LogP contribution in [-0.4, -0.2) is 16.9 Å². The number of nitrogens with zero attached hydrogens (tertiary/aromatic N) is 1. The summed E-state index contributed by atoms with van der Waals surface area (Å²) in [6.07, 6.45) is 1.34.